The second kappa shape index (κ2) is 10.3. The van der Waals surface area contributed by atoms with E-state index in [1.54, 1.807) is 7.11 Å². The van der Waals surface area contributed by atoms with Crippen LogP contribution in [0.3, 0.4) is 0 Å². The first kappa shape index (κ1) is 18.4. The summed E-state index contributed by atoms with van der Waals surface area (Å²) in [5.41, 5.74) is 1.28. The maximum Gasteiger partial charge on any atom is 0.162 e. The lowest BCUT2D eigenvalue weighted by molar-refractivity contribution is -0.125. The molecule has 3 nitrogen and oxygen atoms in total. The molecule has 0 N–H and O–H groups in total. The molecule has 1 saturated heterocycles. The van der Waals surface area contributed by atoms with Gasteiger partial charge < -0.3 is 13.7 Å². The highest BCUT2D eigenvalue weighted by Gasteiger charge is 2.23. The Balaban J connectivity index is 0.000000316. The van der Waals surface area contributed by atoms with Crippen molar-refractivity contribution in [2.45, 2.75) is 45.3 Å². The Morgan fingerprint density at radius 3 is 1.84 bits per heavy atom. The van der Waals surface area contributed by atoms with E-state index in [0.717, 1.165) is 18.1 Å². The van der Waals surface area contributed by atoms with Crippen LogP contribution >= 0.6 is 12.0 Å². The van der Waals surface area contributed by atoms with Gasteiger partial charge in [0.15, 0.2) is 5.79 Å². The number of aryl methyl sites for hydroxylation is 1. The standard InChI is InChI=1S/C8H10OS.C5H10O2.C2H6/c1-7-3-5-8(6-4-7)10-9-2;1-5(2)6-3-4-7-5;1-2/h3-6H,1-2H3;3-4H2,1-2H3;1-2H3. The third-order valence-corrected chi connectivity index (χ3v) is 2.81. The maximum atomic E-state index is 5.12. The summed E-state index contributed by atoms with van der Waals surface area (Å²) in [5.74, 6) is -0.306. The van der Waals surface area contributed by atoms with E-state index in [1.807, 2.05) is 39.8 Å². The van der Waals surface area contributed by atoms with Crippen molar-refractivity contribution < 1.29 is 13.7 Å². The molecule has 0 radical (unpaired) electrons. The third kappa shape index (κ3) is 9.05. The molecule has 0 atom stereocenters. The van der Waals surface area contributed by atoms with E-state index >= 15 is 0 Å². The van der Waals surface area contributed by atoms with E-state index < -0.39 is 0 Å². The Kier molecular flexibility index (Phi) is 9.97. The molecule has 4 heteroatoms. The van der Waals surface area contributed by atoms with Crippen LogP contribution in [0.5, 0.6) is 0 Å². The zero-order chi connectivity index (χ0) is 14.7. The van der Waals surface area contributed by atoms with Crippen molar-refractivity contribution in [3.8, 4) is 0 Å². The molecule has 0 amide bonds. The molecule has 0 aromatic heterocycles. The maximum absolute atomic E-state index is 5.12. The SMILES string of the molecule is CC.CC1(C)OCCO1.COSc1ccc(C)cc1. The number of hydrogen-bond donors (Lipinski definition) is 0. The molecule has 0 bridgehead atoms. The van der Waals surface area contributed by atoms with Crippen LogP contribution in [0.2, 0.25) is 0 Å². The van der Waals surface area contributed by atoms with Crippen LogP contribution in [-0.2, 0) is 13.7 Å². The van der Waals surface area contributed by atoms with Crippen LogP contribution < -0.4 is 0 Å². The predicted molar refractivity (Wildman–Crippen MR) is 81.4 cm³/mol. The smallest absolute Gasteiger partial charge is 0.162 e. The summed E-state index contributed by atoms with van der Waals surface area (Å²) >= 11 is 1.38. The highest BCUT2D eigenvalue weighted by Crippen LogP contribution is 2.17. The highest BCUT2D eigenvalue weighted by atomic mass is 32.2. The topological polar surface area (TPSA) is 27.7 Å². The fourth-order valence-electron chi connectivity index (χ4n) is 1.31. The summed E-state index contributed by atoms with van der Waals surface area (Å²) in [6.45, 7) is 11.4. The van der Waals surface area contributed by atoms with Crippen molar-refractivity contribution in [2.24, 2.45) is 0 Å². The summed E-state index contributed by atoms with van der Waals surface area (Å²) < 4.78 is 15.1. The van der Waals surface area contributed by atoms with Gasteiger partial charge in [0, 0.05) is 16.9 Å². The number of benzene rings is 1. The largest absolute Gasteiger partial charge is 0.348 e. The Morgan fingerprint density at radius 1 is 1.05 bits per heavy atom. The Labute approximate surface area is 121 Å². The molecule has 19 heavy (non-hydrogen) atoms. The molecule has 0 aliphatic carbocycles. The van der Waals surface area contributed by atoms with E-state index in [9.17, 15) is 0 Å². The van der Waals surface area contributed by atoms with Crippen LogP contribution in [-0.4, -0.2) is 26.1 Å². The first-order valence-corrected chi connectivity index (χ1v) is 7.33. The molecule has 2 rings (SSSR count). The van der Waals surface area contributed by atoms with E-state index in [4.69, 9.17) is 13.7 Å². The van der Waals surface area contributed by atoms with Gasteiger partial charge in [-0.3, -0.25) is 0 Å². The van der Waals surface area contributed by atoms with Crippen LogP contribution in [0.4, 0.5) is 0 Å². The normalized spacial score (nSPS) is 15.9. The van der Waals surface area contributed by atoms with Gasteiger partial charge in [0.05, 0.1) is 20.3 Å². The van der Waals surface area contributed by atoms with Gasteiger partial charge in [-0.1, -0.05) is 31.5 Å². The van der Waals surface area contributed by atoms with Gasteiger partial charge in [-0.25, -0.2) is 0 Å². The molecule has 0 saturated carbocycles. The van der Waals surface area contributed by atoms with Crippen molar-refractivity contribution in [3.63, 3.8) is 0 Å². The molecule has 1 heterocycles. The van der Waals surface area contributed by atoms with Gasteiger partial charge >= 0.3 is 0 Å². The fourth-order valence-corrected chi connectivity index (χ4v) is 1.75. The quantitative estimate of drug-likeness (QED) is 0.751. The van der Waals surface area contributed by atoms with Crippen LogP contribution in [0.25, 0.3) is 0 Å². The van der Waals surface area contributed by atoms with E-state index in [2.05, 4.69) is 19.1 Å². The molecule has 1 aliphatic heterocycles. The fraction of sp³-hybridized carbons (Fsp3) is 0.600. The first-order valence-electron chi connectivity index (χ1n) is 6.59. The second-order valence-corrected chi connectivity index (χ2v) is 5.13. The molecule has 1 aromatic rings. The van der Waals surface area contributed by atoms with Crippen molar-refractivity contribution >= 4 is 12.0 Å². The molecule has 0 spiro atoms. The van der Waals surface area contributed by atoms with Gasteiger partial charge in [0.2, 0.25) is 0 Å². The van der Waals surface area contributed by atoms with E-state index in [0.29, 0.717) is 0 Å². The summed E-state index contributed by atoms with van der Waals surface area (Å²) in [6, 6.07) is 8.23. The molecular formula is C15H26O3S. The molecule has 110 valence electrons. The van der Waals surface area contributed by atoms with E-state index in [1.165, 1.54) is 17.6 Å². The Morgan fingerprint density at radius 2 is 1.53 bits per heavy atom. The predicted octanol–water partition coefficient (Wildman–Crippen LogP) is 4.44. The van der Waals surface area contributed by atoms with Gasteiger partial charge in [-0.2, -0.15) is 0 Å². The zero-order valence-electron chi connectivity index (χ0n) is 12.9. The van der Waals surface area contributed by atoms with Crippen molar-refractivity contribution in [1.29, 1.82) is 0 Å². The van der Waals surface area contributed by atoms with Crippen LogP contribution in [0.15, 0.2) is 29.2 Å². The van der Waals surface area contributed by atoms with Crippen molar-refractivity contribution in [3.05, 3.63) is 29.8 Å². The van der Waals surface area contributed by atoms with Crippen molar-refractivity contribution in [2.75, 3.05) is 20.3 Å². The minimum atomic E-state index is -0.306. The minimum Gasteiger partial charge on any atom is -0.348 e. The lowest BCUT2D eigenvalue weighted by atomic mass is 10.2. The molecule has 1 aliphatic rings. The highest BCUT2D eigenvalue weighted by molar-refractivity contribution is 7.94. The average Bonchev–Trinajstić information content (AvgIpc) is 2.80. The number of hydrogen-bond acceptors (Lipinski definition) is 4. The van der Waals surface area contributed by atoms with Crippen molar-refractivity contribution in [1.82, 2.24) is 0 Å². The Hall–Kier alpha value is -0.550. The molecule has 1 aromatic carbocycles. The summed E-state index contributed by atoms with van der Waals surface area (Å²) in [6.07, 6.45) is 0. The van der Waals surface area contributed by atoms with Crippen LogP contribution in [0, 0.1) is 6.92 Å². The number of rotatable bonds is 2. The van der Waals surface area contributed by atoms with E-state index in [-0.39, 0.29) is 5.79 Å². The lowest BCUT2D eigenvalue weighted by Crippen LogP contribution is -2.18. The number of ether oxygens (including phenoxy) is 2. The van der Waals surface area contributed by atoms with Gasteiger partial charge in [0.1, 0.15) is 0 Å². The van der Waals surface area contributed by atoms with Gasteiger partial charge in [-0.15, -0.1) is 0 Å². The lowest BCUT2D eigenvalue weighted by Gasteiger charge is -2.13. The molecule has 1 fully saturated rings. The molecule has 0 unspecified atom stereocenters. The summed E-state index contributed by atoms with van der Waals surface area (Å²) in [4.78, 5) is 1.15. The third-order valence-electron chi connectivity index (χ3n) is 2.18. The minimum absolute atomic E-state index is 0.306. The average molecular weight is 286 g/mol. The summed E-state index contributed by atoms with van der Waals surface area (Å²) in [7, 11) is 1.67. The first-order chi connectivity index (χ1) is 9.03. The second-order valence-electron chi connectivity index (χ2n) is 4.16. The Bertz CT molecular complexity index is 315. The zero-order valence-corrected chi connectivity index (χ0v) is 13.7. The monoisotopic (exact) mass is 286 g/mol. The van der Waals surface area contributed by atoms with Crippen LogP contribution in [0.1, 0.15) is 33.3 Å². The summed E-state index contributed by atoms with van der Waals surface area (Å²) in [5, 5.41) is 0. The van der Waals surface area contributed by atoms with Gasteiger partial charge in [0.25, 0.3) is 0 Å². The molecular weight excluding hydrogens is 260 g/mol. The van der Waals surface area contributed by atoms with Gasteiger partial charge in [-0.05, 0) is 32.9 Å².